The highest BCUT2D eigenvalue weighted by Gasteiger charge is 2.63. The van der Waals surface area contributed by atoms with E-state index < -0.39 is 0 Å². The standard InChI is InChI=1S/C29H46N2O3/c1-20(32)34-27-26(31-14-16-33-17-15-31)19-25-23-7-6-21-18-22(30-12-4-5-13-30)8-10-28(21,2)24(23)9-11-29(25,27)3/h6,22-27H,4-5,7-19H2,1-3H3/t22-,23+,24-,25-,26-,27-,28-,29-/m0/s1. The molecule has 0 N–H and O–H groups in total. The van der Waals surface area contributed by atoms with Crippen LogP contribution in [-0.4, -0.2) is 73.3 Å². The smallest absolute Gasteiger partial charge is 0.302 e. The van der Waals surface area contributed by atoms with Gasteiger partial charge in [-0.2, -0.15) is 0 Å². The number of allylic oxidation sites excluding steroid dienone is 1. The largest absolute Gasteiger partial charge is 0.460 e. The Kier molecular flexibility index (Phi) is 6.14. The van der Waals surface area contributed by atoms with Crippen LogP contribution in [0.25, 0.3) is 0 Å². The molecule has 2 aliphatic heterocycles. The van der Waals surface area contributed by atoms with Gasteiger partial charge in [0.25, 0.3) is 0 Å². The summed E-state index contributed by atoms with van der Waals surface area (Å²) in [6, 6.07) is 1.14. The normalized spacial score (nSPS) is 47.4. The third-order valence-corrected chi connectivity index (χ3v) is 11.5. The third-order valence-electron chi connectivity index (χ3n) is 11.5. The summed E-state index contributed by atoms with van der Waals surface area (Å²) in [6.45, 7) is 12.9. The lowest BCUT2D eigenvalue weighted by atomic mass is 9.48. The molecular formula is C29H46N2O3. The van der Waals surface area contributed by atoms with Crippen LogP contribution in [0.5, 0.6) is 0 Å². The number of likely N-dealkylation sites (tertiary alicyclic amines) is 1. The molecule has 0 aromatic heterocycles. The number of carbonyl (C=O) groups is 1. The molecule has 0 unspecified atom stereocenters. The lowest BCUT2D eigenvalue weighted by Gasteiger charge is -2.58. The van der Waals surface area contributed by atoms with Crippen molar-refractivity contribution in [2.45, 2.75) is 96.7 Å². The maximum Gasteiger partial charge on any atom is 0.302 e. The van der Waals surface area contributed by atoms with Gasteiger partial charge in [-0.05, 0) is 94.0 Å². The second-order valence-corrected chi connectivity index (χ2v) is 12.9. The van der Waals surface area contributed by atoms with E-state index in [0.29, 0.717) is 17.4 Å². The van der Waals surface area contributed by atoms with Crippen LogP contribution in [0.1, 0.15) is 78.6 Å². The summed E-state index contributed by atoms with van der Waals surface area (Å²) in [5.74, 6) is 2.08. The molecule has 0 radical (unpaired) electrons. The fourth-order valence-corrected chi connectivity index (χ4v) is 9.67. The van der Waals surface area contributed by atoms with Gasteiger partial charge < -0.3 is 14.4 Å². The number of hydrogen-bond donors (Lipinski definition) is 0. The fourth-order valence-electron chi connectivity index (χ4n) is 9.67. The summed E-state index contributed by atoms with van der Waals surface area (Å²) >= 11 is 0. The summed E-state index contributed by atoms with van der Waals surface area (Å²) < 4.78 is 11.9. The average Bonchev–Trinajstić information content (AvgIpc) is 3.46. The molecule has 5 fully saturated rings. The van der Waals surface area contributed by atoms with Crippen LogP contribution < -0.4 is 0 Å². The first-order valence-corrected chi connectivity index (χ1v) is 14.3. The number of fused-ring (bicyclic) bond motifs is 5. The van der Waals surface area contributed by atoms with Gasteiger partial charge in [0.2, 0.25) is 0 Å². The second-order valence-electron chi connectivity index (χ2n) is 12.9. The first-order chi connectivity index (χ1) is 16.4. The number of ether oxygens (including phenoxy) is 2. The zero-order valence-corrected chi connectivity index (χ0v) is 21.8. The lowest BCUT2D eigenvalue weighted by molar-refractivity contribution is -0.161. The molecule has 0 spiro atoms. The molecule has 34 heavy (non-hydrogen) atoms. The Morgan fingerprint density at radius 3 is 2.53 bits per heavy atom. The monoisotopic (exact) mass is 470 g/mol. The molecule has 0 bridgehead atoms. The van der Waals surface area contributed by atoms with Crippen molar-refractivity contribution in [3.63, 3.8) is 0 Å². The van der Waals surface area contributed by atoms with E-state index in [1.165, 1.54) is 70.9 Å². The van der Waals surface area contributed by atoms with Crippen LogP contribution in [-0.2, 0) is 14.3 Å². The minimum absolute atomic E-state index is 0.0261. The van der Waals surface area contributed by atoms with E-state index in [-0.39, 0.29) is 17.5 Å². The Labute approximate surface area is 206 Å². The molecule has 0 aromatic rings. The zero-order valence-electron chi connectivity index (χ0n) is 21.8. The van der Waals surface area contributed by atoms with E-state index in [1.807, 2.05) is 0 Å². The predicted octanol–water partition coefficient (Wildman–Crippen LogP) is 4.66. The number of hydrogen-bond acceptors (Lipinski definition) is 5. The molecule has 190 valence electrons. The summed E-state index contributed by atoms with van der Waals surface area (Å²) in [7, 11) is 0. The third kappa shape index (κ3) is 3.71. The van der Waals surface area contributed by atoms with E-state index in [0.717, 1.165) is 44.2 Å². The highest BCUT2D eigenvalue weighted by Crippen LogP contribution is 2.66. The Balaban J connectivity index is 1.26. The Bertz CT molecular complexity index is 816. The molecule has 8 atom stereocenters. The molecular weight excluding hydrogens is 424 g/mol. The van der Waals surface area contributed by atoms with Crippen molar-refractivity contribution in [2.24, 2.45) is 28.6 Å². The van der Waals surface area contributed by atoms with E-state index in [9.17, 15) is 4.79 Å². The van der Waals surface area contributed by atoms with E-state index in [1.54, 1.807) is 12.5 Å². The maximum absolute atomic E-state index is 12.2. The van der Waals surface area contributed by atoms with Gasteiger partial charge in [-0.25, -0.2) is 0 Å². The number of nitrogens with zero attached hydrogens (tertiary/aromatic N) is 2. The maximum atomic E-state index is 12.2. The van der Waals surface area contributed by atoms with Crippen LogP contribution in [0.4, 0.5) is 0 Å². The SMILES string of the molecule is CC(=O)O[C@H]1[C@@H](N2CCOCC2)C[C@H]2[C@@H]3CC=C4C[C@@H](N5CCCC5)CC[C@]4(C)[C@H]3CC[C@@]21C. The number of rotatable bonds is 3. The van der Waals surface area contributed by atoms with Gasteiger partial charge in [-0.15, -0.1) is 0 Å². The van der Waals surface area contributed by atoms with Gasteiger partial charge in [0.1, 0.15) is 6.10 Å². The minimum Gasteiger partial charge on any atom is -0.460 e. The van der Waals surface area contributed by atoms with Gasteiger partial charge in [0, 0.05) is 37.5 Å². The summed E-state index contributed by atoms with van der Waals surface area (Å²) in [5, 5.41) is 0. The van der Waals surface area contributed by atoms with Gasteiger partial charge in [-0.3, -0.25) is 9.69 Å². The van der Waals surface area contributed by atoms with Crippen LogP contribution >= 0.6 is 0 Å². The van der Waals surface area contributed by atoms with Crippen molar-refractivity contribution >= 4 is 5.97 Å². The molecule has 6 aliphatic rings. The van der Waals surface area contributed by atoms with Gasteiger partial charge >= 0.3 is 5.97 Å². The highest BCUT2D eigenvalue weighted by molar-refractivity contribution is 5.66. The Morgan fingerprint density at radius 1 is 1.03 bits per heavy atom. The van der Waals surface area contributed by atoms with Crippen LogP contribution in [0.2, 0.25) is 0 Å². The first kappa shape index (κ1) is 23.5. The topological polar surface area (TPSA) is 42.0 Å². The molecule has 0 amide bonds. The Hall–Kier alpha value is -0.910. The number of esters is 1. The molecule has 5 heteroatoms. The van der Waals surface area contributed by atoms with Crippen molar-refractivity contribution in [1.82, 2.24) is 9.80 Å². The summed E-state index contributed by atoms with van der Waals surface area (Å²) in [6.07, 6.45) is 14.5. The van der Waals surface area contributed by atoms with Crippen LogP contribution in [0.3, 0.4) is 0 Å². The molecule has 5 nitrogen and oxygen atoms in total. The van der Waals surface area contributed by atoms with E-state index in [2.05, 4.69) is 29.7 Å². The van der Waals surface area contributed by atoms with Crippen molar-refractivity contribution in [3.8, 4) is 0 Å². The van der Waals surface area contributed by atoms with Crippen molar-refractivity contribution in [1.29, 1.82) is 0 Å². The summed E-state index contributed by atoms with van der Waals surface area (Å²) in [4.78, 5) is 17.6. The van der Waals surface area contributed by atoms with Crippen molar-refractivity contribution in [3.05, 3.63) is 11.6 Å². The van der Waals surface area contributed by atoms with Crippen LogP contribution in [0.15, 0.2) is 11.6 Å². The quantitative estimate of drug-likeness (QED) is 0.443. The van der Waals surface area contributed by atoms with Crippen LogP contribution in [0, 0.1) is 28.6 Å². The number of carbonyl (C=O) groups excluding carboxylic acids is 1. The van der Waals surface area contributed by atoms with Crippen molar-refractivity contribution < 1.29 is 14.3 Å². The molecule has 6 rings (SSSR count). The molecule has 3 saturated carbocycles. The van der Waals surface area contributed by atoms with Gasteiger partial charge in [-0.1, -0.05) is 25.5 Å². The Morgan fingerprint density at radius 2 is 1.79 bits per heavy atom. The fraction of sp³-hybridized carbons (Fsp3) is 0.897. The molecule has 4 aliphatic carbocycles. The molecule has 2 saturated heterocycles. The predicted molar refractivity (Wildman–Crippen MR) is 133 cm³/mol. The lowest BCUT2D eigenvalue weighted by Crippen LogP contribution is -2.54. The molecule has 2 heterocycles. The number of morpholine rings is 1. The van der Waals surface area contributed by atoms with Gasteiger partial charge in [0.05, 0.1) is 13.2 Å². The highest BCUT2D eigenvalue weighted by atomic mass is 16.5. The zero-order chi connectivity index (χ0) is 23.5. The van der Waals surface area contributed by atoms with Crippen molar-refractivity contribution in [2.75, 3.05) is 39.4 Å². The summed E-state index contributed by atoms with van der Waals surface area (Å²) in [5.41, 5.74) is 2.28. The second kappa shape index (κ2) is 8.88. The molecule has 0 aromatic carbocycles. The minimum atomic E-state index is -0.106. The van der Waals surface area contributed by atoms with E-state index >= 15 is 0 Å². The first-order valence-electron chi connectivity index (χ1n) is 14.3. The average molecular weight is 471 g/mol. The van der Waals surface area contributed by atoms with E-state index in [4.69, 9.17) is 9.47 Å². The van der Waals surface area contributed by atoms with Gasteiger partial charge in [0.15, 0.2) is 0 Å².